The topological polar surface area (TPSA) is 34.1 Å². The van der Waals surface area contributed by atoms with Crippen molar-refractivity contribution < 1.29 is 4.74 Å². The minimum Gasteiger partial charge on any atom is -0.478 e. The average molecular weight is 206 g/mol. The molecule has 0 bridgehead atoms. The number of nitrogens with zero attached hydrogens (tertiary/aromatic N) is 1. The van der Waals surface area contributed by atoms with Gasteiger partial charge < -0.3 is 10.1 Å². The Balaban J connectivity index is 2.17. The van der Waals surface area contributed by atoms with Crippen molar-refractivity contribution in [3.8, 4) is 5.88 Å². The average Bonchev–Trinajstić information content (AvgIpc) is 2.31. The van der Waals surface area contributed by atoms with E-state index < -0.39 is 0 Å². The van der Waals surface area contributed by atoms with Crippen LogP contribution in [0.15, 0.2) is 18.3 Å². The number of hydrogen-bond donors (Lipinski definition) is 1. The van der Waals surface area contributed by atoms with Crippen LogP contribution < -0.4 is 10.1 Å². The van der Waals surface area contributed by atoms with Gasteiger partial charge in [-0.25, -0.2) is 4.98 Å². The first-order valence-electron chi connectivity index (χ1n) is 5.73. The third-order valence-electron chi connectivity index (χ3n) is 2.77. The van der Waals surface area contributed by atoms with Crippen LogP contribution in [0.4, 0.5) is 0 Å². The number of pyridine rings is 1. The second-order valence-corrected chi connectivity index (χ2v) is 3.83. The van der Waals surface area contributed by atoms with Crippen LogP contribution in [0.5, 0.6) is 5.88 Å². The molecule has 0 aromatic carbocycles. The lowest BCUT2D eigenvalue weighted by Crippen LogP contribution is -2.27. The highest BCUT2D eigenvalue weighted by Crippen LogP contribution is 2.28. The molecule has 15 heavy (non-hydrogen) atoms. The van der Waals surface area contributed by atoms with E-state index in [4.69, 9.17) is 4.74 Å². The molecule has 3 nitrogen and oxygen atoms in total. The number of aromatic nitrogens is 1. The van der Waals surface area contributed by atoms with Gasteiger partial charge in [0.05, 0.1) is 6.61 Å². The van der Waals surface area contributed by atoms with Crippen LogP contribution >= 0.6 is 0 Å². The Labute approximate surface area is 90.9 Å². The molecule has 1 saturated heterocycles. The summed E-state index contributed by atoms with van der Waals surface area (Å²) >= 11 is 0. The SMILES string of the molecule is CCOc1ncccc1[C@H]1CCCCN1. The molecule has 1 N–H and O–H groups in total. The summed E-state index contributed by atoms with van der Waals surface area (Å²) < 4.78 is 5.54. The first kappa shape index (κ1) is 10.4. The van der Waals surface area contributed by atoms with E-state index >= 15 is 0 Å². The molecule has 0 unspecified atom stereocenters. The van der Waals surface area contributed by atoms with Crippen molar-refractivity contribution in [1.29, 1.82) is 0 Å². The van der Waals surface area contributed by atoms with E-state index in [0.29, 0.717) is 12.6 Å². The Morgan fingerprint density at radius 3 is 3.20 bits per heavy atom. The predicted octanol–water partition coefficient (Wildman–Crippen LogP) is 2.29. The monoisotopic (exact) mass is 206 g/mol. The van der Waals surface area contributed by atoms with E-state index in [1.807, 2.05) is 13.0 Å². The van der Waals surface area contributed by atoms with E-state index in [9.17, 15) is 0 Å². The number of piperidine rings is 1. The molecule has 0 aliphatic carbocycles. The molecule has 82 valence electrons. The van der Waals surface area contributed by atoms with E-state index in [1.165, 1.54) is 24.8 Å². The Morgan fingerprint density at radius 2 is 2.47 bits per heavy atom. The van der Waals surface area contributed by atoms with Crippen LogP contribution in [0.25, 0.3) is 0 Å². The second kappa shape index (κ2) is 5.12. The van der Waals surface area contributed by atoms with Crippen molar-refractivity contribution in [2.75, 3.05) is 13.2 Å². The quantitative estimate of drug-likeness (QED) is 0.824. The van der Waals surface area contributed by atoms with Crippen molar-refractivity contribution in [2.24, 2.45) is 0 Å². The predicted molar refractivity (Wildman–Crippen MR) is 60.0 cm³/mol. The van der Waals surface area contributed by atoms with Gasteiger partial charge in [-0.1, -0.05) is 12.5 Å². The molecule has 1 aliphatic rings. The molecule has 0 saturated carbocycles. The molecule has 0 spiro atoms. The van der Waals surface area contributed by atoms with Crippen LogP contribution in [-0.2, 0) is 0 Å². The Morgan fingerprint density at radius 1 is 1.53 bits per heavy atom. The maximum Gasteiger partial charge on any atom is 0.218 e. The number of rotatable bonds is 3. The Kier molecular flexibility index (Phi) is 3.56. The fourth-order valence-electron chi connectivity index (χ4n) is 2.04. The summed E-state index contributed by atoms with van der Waals surface area (Å²) in [5, 5.41) is 3.51. The lowest BCUT2D eigenvalue weighted by Gasteiger charge is -2.24. The van der Waals surface area contributed by atoms with E-state index in [-0.39, 0.29) is 0 Å². The van der Waals surface area contributed by atoms with Gasteiger partial charge >= 0.3 is 0 Å². The molecule has 1 atom stereocenters. The smallest absolute Gasteiger partial charge is 0.218 e. The Hall–Kier alpha value is -1.09. The highest BCUT2D eigenvalue weighted by molar-refractivity contribution is 5.29. The van der Waals surface area contributed by atoms with Gasteiger partial charge in [-0.3, -0.25) is 0 Å². The summed E-state index contributed by atoms with van der Waals surface area (Å²) in [6.45, 7) is 3.77. The minimum atomic E-state index is 0.425. The van der Waals surface area contributed by atoms with Gasteiger partial charge in [0.2, 0.25) is 5.88 Å². The first-order valence-corrected chi connectivity index (χ1v) is 5.73. The normalized spacial score (nSPS) is 21.3. The maximum atomic E-state index is 5.54. The summed E-state index contributed by atoms with van der Waals surface area (Å²) in [7, 11) is 0. The first-order chi connectivity index (χ1) is 7.42. The third kappa shape index (κ3) is 2.48. The van der Waals surface area contributed by atoms with Crippen molar-refractivity contribution >= 4 is 0 Å². The van der Waals surface area contributed by atoms with Crippen LogP contribution in [0.3, 0.4) is 0 Å². The molecule has 1 aromatic heterocycles. The summed E-state index contributed by atoms with van der Waals surface area (Å²) in [6, 6.07) is 4.52. The van der Waals surface area contributed by atoms with Crippen molar-refractivity contribution in [1.82, 2.24) is 10.3 Å². The third-order valence-corrected chi connectivity index (χ3v) is 2.77. The van der Waals surface area contributed by atoms with Gasteiger partial charge in [-0.05, 0) is 32.4 Å². The molecule has 2 rings (SSSR count). The van der Waals surface area contributed by atoms with Crippen LogP contribution in [0.2, 0.25) is 0 Å². The zero-order valence-corrected chi connectivity index (χ0v) is 9.20. The molecule has 0 radical (unpaired) electrons. The van der Waals surface area contributed by atoms with Crippen molar-refractivity contribution in [2.45, 2.75) is 32.2 Å². The van der Waals surface area contributed by atoms with Crippen molar-refractivity contribution in [3.63, 3.8) is 0 Å². The van der Waals surface area contributed by atoms with Gasteiger partial charge in [0.15, 0.2) is 0 Å². The second-order valence-electron chi connectivity index (χ2n) is 3.83. The highest BCUT2D eigenvalue weighted by Gasteiger charge is 2.18. The Bertz CT molecular complexity index is 308. The van der Waals surface area contributed by atoms with Crippen LogP contribution in [-0.4, -0.2) is 18.1 Å². The molecule has 1 fully saturated rings. The van der Waals surface area contributed by atoms with Gasteiger partial charge in [-0.15, -0.1) is 0 Å². The largest absolute Gasteiger partial charge is 0.478 e. The lowest BCUT2D eigenvalue weighted by molar-refractivity contribution is 0.311. The van der Waals surface area contributed by atoms with E-state index in [1.54, 1.807) is 6.20 Å². The van der Waals surface area contributed by atoms with Gasteiger partial charge in [0.25, 0.3) is 0 Å². The van der Waals surface area contributed by atoms with Crippen LogP contribution in [0, 0.1) is 0 Å². The maximum absolute atomic E-state index is 5.54. The summed E-state index contributed by atoms with van der Waals surface area (Å²) in [5.74, 6) is 0.791. The summed E-state index contributed by atoms with van der Waals surface area (Å²) in [5.41, 5.74) is 1.21. The molecule has 2 heterocycles. The minimum absolute atomic E-state index is 0.425. The van der Waals surface area contributed by atoms with E-state index in [0.717, 1.165) is 12.4 Å². The fourth-order valence-corrected chi connectivity index (χ4v) is 2.04. The zero-order chi connectivity index (χ0) is 10.5. The molecule has 3 heteroatoms. The molecule has 0 amide bonds. The molecule has 1 aliphatic heterocycles. The molecule has 1 aromatic rings. The van der Waals surface area contributed by atoms with Gasteiger partial charge in [0.1, 0.15) is 0 Å². The van der Waals surface area contributed by atoms with Gasteiger partial charge in [0, 0.05) is 17.8 Å². The van der Waals surface area contributed by atoms with Crippen LogP contribution in [0.1, 0.15) is 37.8 Å². The highest BCUT2D eigenvalue weighted by atomic mass is 16.5. The molecular formula is C12H18N2O. The lowest BCUT2D eigenvalue weighted by atomic mass is 9.98. The standard InChI is InChI=1S/C12H18N2O/c1-2-15-12-10(6-5-9-14-12)11-7-3-4-8-13-11/h5-6,9,11,13H,2-4,7-8H2,1H3/t11-/m1/s1. The van der Waals surface area contributed by atoms with Crippen molar-refractivity contribution in [3.05, 3.63) is 23.9 Å². The number of ether oxygens (including phenoxy) is 1. The number of hydrogen-bond acceptors (Lipinski definition) is 3. The fraction of sp³-hybridized carbons (Fsp3) is 0.583. The summed E-state index contributed by atoms with van der Waals surface area (Å²) in [6.07, 6.45) is 5.54. The molecular weight excluding hydrogens is 188 g/mol. The van der Waals surface area contributed by atoms with E-state index in [2.05, 4.69) is 16.4 Å². The number of nitrogens with one attached hydrogen (secondary N) is 1. The summed E-state index contributed by atoms with van der Waals surface area (Å²) in [4.78, 5) is 4.28. The zero-order valence-electron chi connectivity index (χ0n) is 9.20. The van der Waals surface area contributed by atoms with Gasteiger partial charge in [-0.2, -0.15) is 0 Å².